The van der Waals surface area contributed by atoms with Crippen molar-refractivity contribution in [3.63, 3.8) is 0 Å². The van der Waals surface area contributed by atoms with Crippen molar-refractivity contribution < 1.29 is 4.79 Å². The zero-order valence-electron chi connectivity index (χ0n) is 14.6. The summed E-state index contributed by atoms with van der Waals surface area (Å²) in [4.78, 5) is 12.3. The van der Waals surface area contributed by atoms with Crippen molar-refractivity contribution in [2.75, 3.05) is 6.54 Å². The number of amides is 1. The third-order valence-electron chi connectivity index (χ3n) is 4.06. The van der Waals surface area contributed by atoms with E-state index in [1.807, 2.05) is 36.7 Å². The topological polar surface area (TPSA) is 46.9 Å². The highest BCUT2D eigenvalue weighted by atomic mass is 79.9. The van der Waals surface area contributed by atoms with Crippen molar-refractivity contribution >= 4 is 33.4 Å². The van der Waals surface area contributed by atoms with Gasteiger partial charge in [0.1, 0.15) is 0 Å². The quantitative estimate of drug-likeness (QED) is 0.625. The molecule has 134 valence electrons. The number of halogens is 2. The van der Waals surface area contributed by atoms with E-state index in [0.29, 0.717) is 17.1 Å². The number of nitrogens with one attached hydrogen (secondary N) is 1. The van der Waals surface area contributed by atoms with Crippen molar-refractivity contribution in [2.45, 2.75) is 20.3 Å². The second-order valence-electron chi connectivity index (χ2n) is 6.14. The summed E-state index contributed by atoms with van der Waals surface area (Å²) in [7, 11) is 0. The van der Waals surface area contributed by atoms with E-state index in [2.05, 4.69) is 44.5 Å². The first kappa shape index (κ1) is 18.7. The molecule has 2 aromatic carbocycles. The number of aromatic nitrogens is 2. The monoisotopic (exact) mass is 431 g/mol. The molecule has 3 aromatic rings. The molecule has 0 aliphatic carbocycles. The van der Waals surface area contributed by atoms with Gasteiger partial charge in [-0.3, -0.25) is 4.79 Å². The lowest BCUT2D eigenvalue weighted by molar-refractivity contribution is 0.0954. The summed E-state index contributed by atoms with van der Waals surface area (Å²) in [6.07, 6.45) is 0.745. The predicted octanol–water partition coefficient (Wildman–Crippen LogP) is 4.88. The Balaban J connectivity index is 1.59. The summed E-state index contributed by atoms with van der Waals surface area (Å²) in [5, 5.41) is 7.84. The SMILES string of the molecule is Cc1cc(C)n(-c2ccc(CCNC(=O)c3cc(Br)ccc3Cl)cc2)n1. The first-order valence-corrected chi connectivity index (χ1v) is 9.47. The van der Waals surface area contributed by atoms with Crippen molar-refractivity contribution in [2.24, 2.45) is 0 Å². The number of hydrogen-bond acceptors (Lipinski definition) is 2. The Kier molecular flexibility index (Phi) is 5.79. The number of hydrogen-bond donors (Lipinski definition) is 1. The predicted molar refractivity (Wildman–Crippen MR) is 108 cm³/mol. The number of benzene rings is 2. The first-order chi connectivity index (χ1) is 12.4. The molecule has 0 fully saturated rings. The first-order valence-electron chi connectivity index (χ1n) is 8.30. The van der Waals surface area contributed by atoms with Crippen LogP contribution in [0.2, 0.25) is 5.02 Å². The Morgan fingerprint density at radius 3 is 2.54 bits per heavy atom. The van der Waals surface area contributed by atoms with Crippen LogP contribution in [0, 0.1) is 13.8 Å². The third-order valence-corrected chi connectivity index (χ3v) is 4.89. The van der Waals surface area contributed by atoms with E-state index in [9.17, 15) is 4.79 Å². The average molecular weight is 433 g/mol. The fourth-order valence-electron chi connectivity index (χ4n) is 2.78. The number of nitrogens with zero attached hydrogens (tertiary/aromatic N) is 2. The molecule has 0 spiro atoms. The molecule has 3 rings (SSSR count). The van der Waals surface area contributed by atoms with Crippen molar-refractivity contribution in [1.82, 2.24) is 15.1 Å². The van der Waals surface area contributed by atoms with E-state index in [-0.39, 0.29) is 5.91 Å². The van der Waals surface area contributed by atoms with Crippen LogP contribution in [-0.4, -0.2) is 22.2 Å². The highest BCUT2D eigenvalue weighted by Crippen LogP contribution is 2.21. The molecule has 1 aromatic heterocycles. The summed E-state index contributed by atoms with van der Waals surface area (Å²) in [5.41, 5.74) is 4.76. The van der Waals surface area contributed by atoms with Crippen LogP contribution in [0.1, 0.15) is 27.3 Å². The molecule has 1 heterocycles. The van der Waals surface area contributed by atoms with Crippen LogP contribution in [-0.2, 0) is 6.42 Å². The Morgan fingerprint density at radius 2 is 1.88 bits per heavy atom. The van der Waals surface area contributed by atoms with Crippen LogP contribution in [0.15, 0.2) is 53.0 Å². The molecule has 6 heteroatoms. The second kappa shape index (κ2) is 8.06. The largest absolute Gasteiger partial charge is 0.352 e. The molecule has 0 atom stereocenters. The van der Waals surface area contributed by atoms with Crippen molar-refractivity contribution in [1.29, 1.82) is 0 Å². The maximum atomic E-state index is 12.3. The van der Waals surface area contributed by atoms with Crippen LogP contribution in [0.3, 0.4) is 0 Å². The van der Waals surface area contributed by atoms with Gasteiger partial charge < -0.3 is 5.32 Å². The second-order valence-corrected chi connectivity index (χ2v) is 7.46. The minimum Gasteiger partial charge on any atom is -0.352 e. The van der Waals surface area contributed by atoms with Gasteiger partial charge in [-0.05, 0) is 62.2 Å². The van der Waals surface area contributed by atoms with Crippen molar-refractivity contribution in [3.8, 4) is 5.69 Å². The zero-order valence-corrected chi connectivity index (χ0v) is 16.9. The molecule has 0 radical (unpaired) electrons. The Morgan fingerprint density at radius 1 is 1.15 bits per heavy atom. The Bertz CT molecular complexity index is 935. The van der Waals surface area contributed by atoms with Gasteiger partial charge in [0.05, 0.1) is 22.0 Å². The summed E-state index contributed by atoms with van der Waals surface area (Å²) in [6, 6.07) is 15.5. The van der Waals surface area contributed by atoms with Gasteiger partial charge in [-0.25, -0.2) is 4.68 Å². The fraction of sp³-hybridized carbons (Fsp3) is 0.200. The summed E-state index contributed by atoms with van der Waals surface area (Å²) >= 11 is 9.44. The van der Waals surface area contributed by atoms with Crippen LogP contribution in [0.25, 0.3) is 5.69 Å². The van der Waals surface area contributed by atoms with E-state index in [1.54, 1.807) is 12.1 Å². The van der Waals surface area contributed by atoms with Crippen molar-refractivity contribution in [3.05, 3.63) is 80.5 Å². The smallest absolute Gasteiger partial charge is 0.252 e. The van der Waals surface area contributed by atoms with Crippen LogP contribution >= 0.6 is 27.5 Å². The molecule has 0 unspecified atom stereocenters. The summed E-state index contributed by atoms with van der Waals surface area (Å²) < 4.78 is 2.75. The summed E-state index contributed by atoms with van der Waals surface area (Å²) in [5.74, 6) is -0.171. The molecular formula is C20H19BrClN3O. The molecule has 0 bridgehead atoms. The molecule has 4 nitrogen and oxygen atoms in total. The van der Waals surface area contributed by atoms with Gasteiger partial charge in [0.15, 0.2) is 0 Å². The summed E-state index contributed by atoms with van der Waals surface area (Å²) in [6.45, 7) is 4.57. The van der Waals surface area contributed by atoms with Gasteiger partial charge >= 0.3 is 0 Å². The Labute approximate surface area is 166 Å². The molecule has 0 aliphatic rings. The van der Waals surface area contributed by atoms with Crippen LogP contribution in [0.4, 0.5) is 0 Å². The molecule has 0 aliphatic heterocycles. The minimum absolute atomic E-state index is 0.171. The van der Waals surface area contributed by atoms with Crippen LogP contribution < -0.4 is 5.32 Å². The van der Waals surface area contributed by atoms with E-state index in [1.165, 1.54) is 0 Å². The fourth-order valence-corrected chi connectivity index (χ4v) is 3.35. The van der Waals surface area contributed by atoms with E-state index in [4.69, 9.17) is 11.6 Å². The number of aryl methyl sites for hydroxylation is 2. The number of carbonyl (C=O) groups excluding carboxylic acids is 1. The zero-order chi connectivity index (χ0) is 18.7. The van der Waals surface area contributed by atoms with Crippen LogP contribution in [0.5, 0.6) is 0 Å². The lowest BCUT2D eigenvalue weighted by atomic mass is 10.1. The standard InChI is InChI=1S/C20H19BrClN3O/c1-13-11-14(2)25(24-13)17-6-3-15(4-7-17)9-10-23-20(26)18-12-16(21)5-8-19(18)22/h3-8,11-12H,9-10H2,1-2H3,(H,23,26). The number of rotatable bonds is 5. The third kappa shape index (κ3) is 4.34. The van der Waals surface area contributed by atoms with E-state index in [0.717, 1.165) is 33.5 Å². The minimum atomic E-state index is -0.171. The van der Waals surface area contributed by atoms with E-state index >= 15 is 0 Å². The molecular weight excluding hydrogens is 414 g/mol. The van der Waals surface area contributed by atoms with Gasteiger partial charge in [-0.15, -0.1) is 0 Å². The van der Waals surface area contributed by atoms with Gasteiger partial charge in [-0.2, -0.15) is 5.10 Å². The maximum Gasteiger partial charge on any atom is 0.252 e. The lowest BCUT2D eigenvalue weighted by Gasteiger charge is -2.09. The highest BCUT2D eigenvalue weighted by molar-refractivity contribution is 9.10. The van der Waals surface area contributed by atoms with E-state index < -0.39 is 0 Å². The lowest BCUT2D eigenvalue weighted by Crippen LogP contribution is -2.26. The molecule has 1 amide bonds. The number of carbonyl (C=O) groups is 1. The molecule has 0 saturated carbocycles. The average Bonchev–Trinajstić information content (AvgIpc) is 2.96. The molecule has 26 heavy (non-hydrogen) atoms. The Hall–Kier alpha value is -2.11. The van der Waals surface area contributed by atoms with Gasteiger partial charge in [-0.1, -0.05) is 39.7 Å². The molecule has 1 N–H and O–H groups in total. The molecule has 0 saturated heterocycles. The highest BCUT2D eigenvalue weighted by Gasteiger charge is 2.10. The normalized spacial score (nSPS) is 10.8. The van der Waals surface area contributed by atoms with Gasteiger partial charge in [0.25, 0.3) is 5.91 Å². The maximum absolute atomic E-state index is 12.3. The van der Waals surface area contributed by atoms with Gasteiger partial charge in [0.2, 0.25) is 0 Å². The van der Waals surface area contributed by atoms with Gasteiger partial charge in [0, 0.05) is 16.7 Å².